The van der Waals surface area contributed by atoms with Crippen molar-refractivity contribution < 1.29 is 19.2 Å². The van der Waals surface area contributed by atoms with E-state index in [0.29, 0.717) is 26.2 Å². The predicted octanol–water partition coefficient (Wildman–Crippen LogP) is 6.85. The molecule has 4 amide bonds. The molecule has 0 aliphatic rings. The van der Waals surface area contributed by atoms with Crippen LogP contribution >= 0.6 is 0 Å². The third-order valence-corrected chi connectivity index (χ3v) is 7.72. The van der Waals surface area contributed by atoms with Crippen molar-refractivity contribution in [3.8, 4) is 0 Å². The van der Waals surface area contributed by atoms with Crippen LogP contribution in [0.1, 0.15) is 168 Å². The van der Waals surface area contributed by atoms with E-state index in [1.54, 1.807) is 0 Å². The van der Waals surface area contributed by atoms with Crippen LogP contribution in [0.15, 0.2) is 0 Å². The van der Waals surface area contributed by atoms with Crippen molar-refractivity contribution in [3.05, 3.63) is 0 Å². The number of hydrogen-bond donors (Lipinski definition) is 4. The molecule has 0 saturated heterocycles. The largest absolute Gasteiger partial charge is 0.348 e. The Morgan fingerprint density at radius 3 is 0.643 bits per heavy atom. The van der Waals surface area contributed by atoms with Crippen molar-refractivity contribution in [1.82, 2.24) is 21.3 Å². The van der Waals surface area contributed by atoms with Gasteiger partial charge in [0.25, 0.3) is 0 Å². The van der Waals surface area contributed by atoms with Gasteiger partial charge in [-0.25, -0.2) is 0 Å². The molecule has 0 aromatic rings. The van der Waals surface area contributed by atoms with Crippen LogP contribution in [0.3, 0.4) is 0 Å². The summed E-state index contributed by atoms with van der Waals surface area (Å²) in [5.41, 5.74) is 0. The van der Waals surface area contributed by atoms with E-state index in [-0.39, 0.29) is 0 Å². The first-order valence-corrected chi connectivity index (χ1v) is 17.6. The Labute approximate surface area is 258 Å². The minimum absolute atomic E-state index is 0.457. The lowest BCUT2D eigenvalue weighted by atomic mass is 10.1. The topological polar surface area (TPSA) is 116 Å². The fraction of sp³-hybridized carbons (Fsp3) is 0.882. The summed E-state index contributed by atoms with van der Waals surface area (Å²) in [6.45, 7) is 6.48. The van der Waals surface area contributed by atoms with Gasteiger partial charge >= 0.3 is 23.6 Å². The maximum Gasteiger partial charge on any atom is 0.309 e. The van der Waals surface area contributed by atoms with Gasteiger partial charge in [-0.05, 0) is 25.7 Å². The van der Waals surface area contributed by atoms with E-state index in [9.17, 15) is 19.2 Å². The Morgan fingerprint density at radius 1 is 0.286 bits per heavy atom. The molecule has 42 heavy (non-hydrogen) atoms. The molecule has 0 heterocycles. The molecule has 0 aliphatic heterocycles. The molecule has 0 radical (unpaired) electrons. The van der Waals surface area contributed by atoms with E-state index in [0.717, 1.165) is 51.4 Å². The van der Waals surface area contributed by atoms with Crippen LogP contribution in [0.2, 0.25) is 0 Å². The lowest BCUT2D eigenvalue weighted by molar-refractivity contribution is -0.139. The summed E-state index contributed by atoms with van der Waals surface area (Å²) in [5, 5.41) is 10.8. The average molecular weight is 595 g/mol. The fourth-order valence-corrected chi connectivity index (χ4v) is 4.96. The van der Waals surface area contributed by atoms with Gasteiger partial charge in [-0.15, -0.1) is 0 Å². The molecule has 0 unspecified atom stereocenters. The summed E-state index contributed by atoms with van der Waals surface area (Å²) in [6, 6.07) is 0. The van der Waals surface area contributed by atoms with Crippen LogP contribution in [0.5, 0.6) is 0 Å². The van der Waals surface area contributed by atoms with Gasteiger partial charge in [-0.1, -0.05) is 142 Å². The molecule has 4 N–H and O–H groups in total. The molecule has 0 spiro atoms. The van der Waals surface area contributed by atoms with Gasteiger partial charge < -0.3 is 21.3 Å². The molecular formula is C34H66N4O4. The zero-order valence-corrected chi connectivity index (χ0v) is 27.4. The van der Waals surface area contributed by atoms with E-state index in [2.05, 4.69) is 35.1 Å². The second kappa shape index (κ2) is 31.8. The molecule has 0 aromatic heterocycles. The van der Waals surface area contributed by atoms with Crippen molar-refractivity contribution in [2.45, 2.75) is 168 Å². The molecule has 0 atom stereocenters. The van der Waals surface area contributed by atoms with Gasteiger partial charge in [0.05, 0.1) is 0 Å². The van der Waals surface area contributed by atoms with Crippen molar-refractivity contribution in [1.29, 1.82) is 0 Å². The Morgan fingerprint density at radius 2 is 0.452 bits per heavy atom. The Kier molecular flexibility index (Phi) is 30.2. The van der Waals surface area contributed by atoms with Crippen molar-refractivity contribution >= 4 is 23.6 Å². The number of amides is 4. The lowest BCUT2D eigenvalue weighted by Crippen LogP contribution is -2.40. The Hall–Kier alpha value is -2.12. The Balaban J connectivity index is 3.48. The second-order valence-corrected chi connectivity index (χ2v) is 11.8. The van der Waals surface area contributed by atoms with Crippen molar-refractivity contribution in [3.63, 3.8) is 0 Å². The normalized spacial score (nSPS) is 10.8. The van der Waals surface area contributed by atoms with Crippen LogP contribution in [0.25, 0.3) is 0 Å². The minimum atomic E-state index is -0.571. The van der Waals surface area contributed by atoms with Gasteiger partial charge in [0.1, 0.15) is 0 Å². The maximum atomic E-state index is 11.9. The van der Waals surface area contributed by atoms with Gasteiger partial charge in [-0.2, -0.15) is 0 Å². The summed E-state index contributed by atoms with van der Waals surface area (Å²) in [7, 11) is 0. The maximum absolute atomic E-state index is 11.9. The monoisotopic (exact) mass is 595 g/mol. The molecule has 8 nitrogen and oxygen atoms in total. The summed E-state index contributed by atoms with van der Waals surface area (Å²) in [6.07, 6.45) is 28.0. The van der Waals surface area contributed by atoms with E-state index < -0.39 is 23.6 Å². The van der Waals surface area contributed by atoms with Crippen molar-refractivity contribution in [2.75, 3.05) is 26.2 Å². The van der Waals surface area contributed by atoms with Crippen LogP contribution < -0.4 is 21.3 Å². The van der Waals surface area contributed by atoms with Gasteiger partial charge in [0, 0.05) is 26.2 Å². The molecule has 0 rings (SSSR count). The minimum Gasteiger partial charge on any atom is -0.348 e. The van der Waals surface area contributed by atoms with Crippen LogP contribution in [-0.2, 0) is 19.2 Å². The molecule has 0 aliphatic carbocycles. The predicted molar refractivity (Wildman–Crippen MR) is 174 cm³/mol. The third kappa shape index (κ3) is 28.0. The number of rotatable bonds is 29. The highest BCUT2D eigenvalue weighted by molar-refractivity contribution is 6.35. The van der Waals surface area contributed by atoms with Crippen LogP contribution in [0, 0.1) is 0 Å². The van der Waals surface area contributed by atoms with Gasteiger partial charge in [0.2, 0.25) is 0 Å². The van der Waals surface area contributed by atoms with Crippen molar-refractivity contribution in [2.24, 2.45) is 0 Å². The number of unbranched alkanes of at least 4 members (excludes halogenated alkanes) is 21. The summed E-state index contributed by atoms with van der Waals surface area (Å²) < 4.78 is 0. The zero-order valence-electron chi connectivity index (χ0n) is 27.4. The SMILES string of the molecule is CCCCCCCCCCCCNC(=O)C(=O)NCCCCCCNC(=O)C(=O)NCCCCCCCCCCCC. The number of nitrogens with one attached hydrogen (secondary N) is 4. The van der Waals surface area contributed by atoms with E-state index in [1.807, 2.05) is 0 Å². The fourth-order valence-electron chi connectivity index (χ4n) is 4.96. The van der Waals surface area contributed by atoms with Crippen LogP contribution in [-0.4, -0.2) is 49.8 Å². The number of hydrogen-bond acceptors (Lipinski definition) is 4. The first kappa shape index (κ1) is 39.9. The smallest absolute Gasteiger partial charge is 0.309 e. The van der Waals surface area contributed by atoms with Crippen LogP contribution in [0.4, 0.5) is 0 Å². The van der Waals surface area contributed by atoms with E-state index in [1.165, 1.54) is 103 Å². The third-order valence-electron chi connectivity index (χ3n) is 7.72. The van der Waals surface area contributed by atoms with E-state index in [4.69, 9.17) is 0 Å². The zero-order chi connectivity index (χ0) is 30.9. The number of carbonyl (C=O) groups is 4. The lowest BCUT2D eigenvalue weighted by Gasteiger charge is -2.08. The summed E-state index contributed by atoms with van der Waals surface area (Å²) in [4.78, 5) is 47.6. The molecule has 8 heteroatoms. The highest BCUT2D eigenvalue weighted by atomic mass is 16.2. The molecular weight excluding hydrogens is 528 g/mol. The average Bonchev–Trinajstić information content (AvgIpc) is 2.99. The molecule has 0 fully saturated rings. The Bertz CT molecular complexity index is 616. The van der Waals surface area contributed by atoms with E-state index >= 15 is 0 Å². The highest BCUT2D eigenvalue weighted by Gasteiger charge is 2.12. The molecule has 0 saturated carbocycles. The quantitative estimate of drug-likeness (QED) is 0.0559. The summed E-state index contributed by atoms with van der Waals surface area (Å²) >= 11 is 0. The molecule has 246 valence electrons. The van der Waals surface area contributed by atoms with Gasteiger partial charge in [0.15, 0.2) is 0 Å². The number of carbonyl (C=O) groups excluding carboxylic acids is 4. The standard InChI is InChI=1S/C34H66N4O4/c1-3-5-7-9-11-13-15-17-19-23-27-35-31(39)33(41)37-29-25-21-22-26-30-38-34(42)32(40)36-28-24-20-18-16-14-12-10-8-6-4-2/h3-30H2,1-2H3,(H,35,39)(H,36,40)(H,37,41)(H,38,42). The van der Waals surface area contributed by atoms with Gasteiger partial charge in [-0.3, -0.25) is 19.2 Å². The second-order valence-electron chi connectivity index (χ2n) is 11.8. The highest BCUT2D eigenvalue weighted by Crippen LogP contribution is 2.11. The molecule has 0 aromatic carbocycles. The first-order chi connectivity index (χ1) is 20.5. The molecule has 0 bridgehead atoms. The first-order valence-electron chi connectivity index (χ1n) is 17.6. The summed E-state index contributed by atoms with van der Waals surface area (Å²) in [5.74, 6) is -2.25.